The third kappa shape index (κ3) is 5.32. The minimum Gasteiger partial charge on any atom is -0.325 e. The molecule has 1 aromatic heterocycles. The molecule has 6 heteroatoms. The molecule has 0 aliphatic heterocycles. The number of hydrogen-bond acceptors (Lipinski definition) is 4. The van der Waals surface area contributed by atoms with Gasteiger partial charge in [0.25, 0.3) is 0 Å². The van der Waals surface area contributed by atoms with E-state index in [2.05, 4.69) is 27.4 Å². The predicted octanol–water partition coefficient (Wildman–Crippen LogP) is 4.27. The first-order valence-corrected chi connectivity index (χ1v) is 9.38. The zero-order valence-electron chi connectivity index (χ0n) is 14.5. The number of carbonyl (C=O) groups is 1. The Bertz CT molecular complexity index is 872. The van der Waals surface area contributed by atoms with E-state index in [1.165, 1.54) is 17.3 Å². The lowest BCUT2D eigenvalue weighted by molar-refractivity contribution is -0.113. The largest absolute Gasteiger partial charge is 0.325 e. The van der Waals surface area contributed by atoms with E-state index in [4.69, 9.17) is 0 Å². The highest BCUT2D eigenvalue weighted by Gasteiger charge is 2.07. The number of rotatable bonds is 7. The molecule has 0 aliphatic carbocycles. The molecule has 0 aliphatic rings. The fourth-order valence-corrected chi connectivity index (χ4v) is 2.89. The SMILES string of the molecule is CCc1ccc(NC(=O)CSc2n[nH]c(/C=C/c3ccccc3)n2)cc1. The highest BCUT2D eigenvalue weighted by atomic mass is 32.2. The van der Waals surface area contributed by atoms with E-state index in [9.17, 15) is 4.79 Å². The number of anilines is 1. The molecule has 1 amide bonds. The first-order valence-electron chi connectivity index (χ1n) is 8.40. The van der Waals surface area contributed by atoms with Gasteiger partial charge in [-0.1, -0.05) is 67.2 Å². The Balaban J connectivity index is 1.49. The van der Waals surface area contributed by atoms with Crippen molar-refractivity contribution >= 4 is 35.5 Å². The van der Waals surface area contributed by atoms with Crippen LogP contribution in [0.25, 0.3) is 12.2 Å². The number of benzene rings is 2. The summed E-state index contributed by atoms with van der Waals surface area (Å²) < 4.78 is 0. The number of aromatic nitrogens is 3. The van der Waals surface area contributed by atoms with E-state index in [0.29, 0.717) is 11.0 Å². The van der Waals surface area contributed by atoms with Crippen molar-refractivity contribution in [2.75, 3.05) is 11.1 Å². The summed E-state index contributed by atoms with van der Waals surface area (Å²) in [7, 11) is 0. The van der Waals surface area contributed by atoms with Crippen LogP contribution in [0.1, 0.15) is 23.9 Å². The summed E-state index contributed by atoms with van der Waals surface area (Å²) >= 11 is 1.30. The van der Waals surface area contributed by atoms with Gasteiger partial charge in [0.2, 0.25) is 11.1 Å². The topological polar surface area (TPSA) is 70.7 Å². The first kappa shape index (κ1) is 17.9. The summed E-state index contributed by atoms with van der Waals surface area (Å²) in [5.41, 5.74) is 3.13. The van der Waals surface area contributed by atoms with Gasteiger partial charge in [0, 0.05) is 5.69 Å². The second kappa shape index (κ2) is 9.01. The summed E-state index contributed by atoms with van der Waals surface area (Å²) in [5.74, 6) is 0.840. The number of aromatic amines is 1. The van der Waals surface area contributed by atoms with Gasteiger partial charge in [-0.3, -0.25) is 9.89 Å². The van der Waals surface area contributed by atoms with Gasteiger partial charge < -0.3 is 5.32 Å². The molecule has 2 aromatic carbocycles. The van der Waals surface area contributed by atoms with Crippen LogP contribution < -0.4 is 5.32 Å². The van der Waals surface area contributed by atoms with E-state index in [-0.39, 0.29) is 11.7 Å². The quantitative estimate of drug-likeness (QED) is 0.614. The smallest absolute Gasteiger partial charge is 0.234 e. The number of carbonyl (C=O) groups excluding carboxylic acids is 1. The van der Waals surface area contributed by atoms with Gasteiger partial charge in [0.1, 0.15) is 5.82 Å². The second-order valence-electron chi connectivity index (χ2n) is 5.63. The van der Waals surface area contributed by atoms with E-state index in [0.717, 1.165) is 17.7 Å². The maximum absolute atomic E-state index is 12.0. The molecule has 132 valence electrons. The van der Waals surface area contributed by atoms with Crippen molar-refractivity contribution in [3.8, 4) is 0 Å². The molecule has 0 saturated carbocycles. The minimum atomic E-state index is -0.0783. The zero-order chi connectivity index (χ0) is 18.2. The van der Waals surface area contributed by atoms with Crippen molar-refractivity contribution in [2.24, 2.45) is 0 Å². The van der Waals surface area contributed by atoms with Crippen LogP contribution in [0.3, 0.4) is 0 Å². The van der Waals surface area contributed by atoms with Crippen molar-refractivity contribution in [2.45, 2.75) is 18.5 Å². The molecule has 0 atom stereocenters. The van der Waals surface area contributed by atoms with E-state index in [1.807, 2.05) is 66.7 Å². The highest BCUT2D eigenvalue weighted by Crippen LogP contribution is 2.15. The summed E-state index contributed by atoms with van der Waals surface area (Å²) in [6, 6.07) is 17.8. The molecule has 1 heterocycles. The number of thioether (sulfide) groups is 1. The Kier molecular flexibility index (Phi) is 6.22. The predicted molar refractivity (Wildman–Crippen MR) is 107 cm³/mol. The summed E-state index contributed by atoms with van der Waals surface area (Å²) in [5, 5.41) is 10.4. The van der Waals surface area contributed by atoms with Crippen LogP contribution >= 0.6 is 11.8 Å². The average molecular weight is 364 g/mol. The van der Waals surface area contributed by atoms with Gasteiger partial charge >= 0.3 is 0 Å². The Labute approximate surface area is 156 Å². The molecule has 0 spiro atoms. The number of amides is 1. The summed E-state index contributed by atoms with van der Waals surface area (Å²) in [4.78, 5) is 16.4. The van der Waals surface area contributed by atoms with Gasteiger partial charge in [0.15, 0.2) is 0 Å². The maximum atomic E-state index is 12.0. The van der Waals surface area contributed by atoms with Crippen LogP contribution in [0.4, 0.5) is 5.69 Å². The van der Waals surface area contributed by atoms with Gasteiger partial charge in [-0.05, 0) is 35.8 Å². The van der Waals surface area contributed by atoms with E-state index < -0.39 is 0 Å². The number of hydrogen-bond donors (Lipinski definition) is 2. The average Bonchev–Trinajstić information content (AvgIpc) is 3.14. The van der Waals surface area contributed by atoms with Crippen LogP contribution in [0.2, 0.25) is 0 Å². The van der Waals surface area contributed by atoms with Crippen molar-refractivity contribution < 1.29 is 4.79 Å². The molecule has 5 nitrogen and oxygen atoms in total. The summed E-state index contributed by atoms with van der Waals surface area (Å²) in [6.45, 7) is 2.10. The molecule has 3 aromatic rings. The monoisotopic (exact) mass is 364 g/mol. The van der Waals surface area contributed by atoms with Crippen LogP contribution in [0.15, 0.2) is 59.8 Å². The van der Waals surface area contributed by atoms with Gasteiger partial charge in [-0.15, -0.1) is 5.10 Å². The number of nitrogens with zero attached hydrogens (tertiary/aromatic N) is 2. The minimum absolute atomic E-state index is 0.0783. The molecular weight excluding hydrogens is 344 g/mol. The standard InChI is InChI=1S/C20H20N4OS/c1-2-15-8-11-17(12-9-15)21-19(25)14-26-20-22-18(23-24-20)13-10-16-6-4-3-5-7-16/h3-13H,2,14H2,1H3,(H,21,25)(H,22,23,24)/b13-10+. The van der Waals surface area contributed by atoms with E-state index >= 15 is 0 Å². The molecule has 0 fully saturated rings. The lowest BCUT2D eigenvalue weighted by Gasteiger charge is -2.04. The van der Waals surface area contributed by atoms with Crippen LogP contribution in [-0.2, 0) is 11.2 Å². The van der Waals surface area contributed by atoms with Crippen molar-refractivity contribution in [3.05, 3.63) is 71.5 Å². The van der Waals surface area contributed by atoms with Gasteiger partial charge in [-0.25, -0.2) is 4.98 Å². The number of aryl methyl sites for hydroxylation is 1. The molecule has 2 N–H and O–H groups in total. The maximum Gasteiger partial charge on any atom is 0.234 e. The van der Waals surface area contributed by atoms with Gasteiger partial charge in [0.05, 0.1) is 5.75 Å². The van der Waals surface area contributed by atoms with E-state index in [1.54, 1.807) is 0 Å². The third-order valence-electron chi connectivity index (χ3n) is 3.69. The van der Waals surface area contributed by atoms with Crippen LogP contribution in [0, 0.1) is 0 Å². The Morgan fingerprint density at radius 2 is 1.88 bits per heavy atom. The normalized spacial score (nSPS) is 11.0. The number of nitrogens with one attached hydrogen (secondary N) is 2. The molecular formula is C20H20N4OS. The van der Waals surface area contributed by atoms with Crippen molar-refractivity contribution in [3.63, 3.8) is 0 Å². The lowest BCUT2D eigenvalue weighted by Crippen LogP contribution is -2.14. The fraction of sp³-hybridized carbons (Fsp3) is 0.150. The Morgan fingerprint density at radius 3 is 2.62 bits per heavy atom. The zero-order valence-corrected chi connectivity index (χ0v) is 15.3. The molecule has 26 heavy (non-hydrogen) atoms. The molecule has 0 saturated heterocycles. The molecule has 0 unspecified atom stereocenters. The Hall–Kier alpha value is -2.86. The number of H-pyrrole nitrogens is 1. The van der Waals surface area contributed by atoms with Crippen LogP contribution in [0.5, 0.6) is 0 Å². The first-order chi connectivity index (χ1) is 12.7. The fourth-order valence-electron chi connectivity index (χ4n) is 2.29. The second-order valence-corrected chi connectivity index (χ2v) is 6.58. The van der Waals surface area contributed by atoms with Crippen molar-refractivity contribution in [1.82, 2.24) is 15.2 Å². The van der Waals surface area contributed by atoms with Crippen LogP contribution in [-0.4, -0.2) is 26.8 Å². The lowest BCUT2D eigenvalue weighted by atomic mass is 10.1. The Morgan fingerprint density at radius 1 is 1.12 bits per heavy atom. The molecule has 0 radical (unpaired) electrons. The van der Waals surface area contributed by atoms with Crippen molar-refractivity contribution in [1.29, 1.82) is 0 Å². The third-order valence-corrected chi connectivity index (χ3v) is 4.54. The van der Waals surface area contributed by atoms with Gasteiger partial charge in [-0.2, -0.15) is 0 Å². The molecule has 0 bridgehead atoms. The highest BCUT2D eigenvalue weighted by molar-refractivity contribution is 7.99. The molecule has 3 rings (SSSR count). The summed E-state index contributed by atoms with van der Waals surface area (Å²) in [6.07, 6.45) is 4.80.